The summed E-state index contributed by atoms with van der Waals surface area (Å²) < 4.78 is 4.78. The van der Waals surface area contributed by atoms with E-state index in [2.05, 4.69) is 15.0 Å². The molecule has 0 aliphatic carbocycles. The minimum Gasteiger partial charge on any atom is -0.325 e. The number of hydrogen-bond donors (Lipinski definition) is 1. The van der Waals surface area contributed by atoms with Gasteiger partial charge in [-0.05, 0) is 25.8 Å². The van der Waals surface area contributed by atoms with Gasteiger partial charge in [-0.25, -0.2) is 14.8 Å². The Kier molecular flexibility index (Phi) is 5.65. The standard InChI is InChI=1S/C20H24N6O3S2/c1-6-7-8-26-15-14(16(27)22-19(26)29)24(4)12(21-15)9-30-20-23-17-13(18(28)25(20)5)10(2)11(3)31-17/h6-9H2,1-5H3,(H,22,27,29). The number of thioether (sulfide) groups is 1. The Morgan fingerprint density at radius 3 is 2.55 bits per heavy atom. The molecule has 0 aromatic carbocycles. The van der Waals surface area contributed by atoms with Crippen molar-refractivity contribution < 1.29 is 0 Å². The number of aromatic nitrogens is 6. The van der Waals surface area contributed by atoms with Crippen LogP contribution in [-0.2, 0) is 26.4 Å². The van der Waals surface area contributed by atoms with Crippen LogP contribution in [0.2, 0.25) is 0 Å². The van der Waals surface area contributed by atoms with Crippen LogP contribution in [0.5, 0.6) is 0 Å². The second-order valence-corrected chi connectivity index (χ2v) is 9.68. The maximum absolute atomic E-state index is 12.8. The molecule has 0 aliphatic heterocycles. The first-order chi connectivity index (χ1) is 14.7. The first kappa shape index (κ1) is 21.6. The van der Waals surface area contributed by atoms with E-state index in [9.17, 15) is 14.4 Å². The molecule has 0 saturated carbocycles. The number of nitrogens with one attached hydrogen (secondary N) is 1. The lowest BCUT2D eigenvalue weighted by Gasteiger charge is -2.07. The third-order valence-corrected chi connectivity index (χ3v) is 7.67. The van der Waals surface area contributed by atoms with Gasteiger partial charge in [0.15, 0.2) is 16.3 Å². The van der Waals surface area contributed by atoms with Crippen LogP contribution in [-0.4, -0.2) is 28.7 Å². The van der Waals surface area contributed by atoms with Gasteiger partial charge >= 0.3 is 5.69 Å². The summed E-state index contributed by atoms with van der Waals surface area (Å²) >= 11 is 2.90. The molecule has 31 heavy (non-hydrogen) atoms. The van der Waals surface area contributed by atoms with Crippen molar-refractivity contribution in [1.82, 2.24) is 28.7 Å². The molecule has 4 aromatic rings. The summed E-state index contributed by atoms with van der Waals surface area (Å²) in [6.07, 6.45) is 1.74. The molecule has 1 N–H and O–H groups in total. The lowest BCUT2D eigenvalue weighted by molar-refractivity contribution is 0.613. The number of H-pyrrole nitrogens is 1. The normalized spacial score (nSPS) is 11.8. The van der Waals surface area contributed by atoms with Crippen molar-refractivity contribution >= 4 is 44.5 Å². The van der Waals surface area contributed by atoms with Crippen LogP contribution < -0.4 is 16.8 Å². The Morgan fingerprint density at radius 2 is 1.84 bits per heavy atom. The SMILES string of the molecule is CCCCn1c(=O)[nH]c(=O)c2c1nc(CSc1nc3sc(C)c(C)c3c(=O)n1C)n2C. The molecule has 0 atom stereocenters. The number of nitrogens with zero attached hydrogens (tertiary/aromatic N) is 5. The first-order valence-electron chi connectivity index (χ1n) is 10.0. The Bertz CT molecular complexity index is 1490. The summed E-state index contributed by atoms with van der Waals surface area (Å²) in [5.74, 6) is 1.04. The Balaban J connectivity index is 1.75. The van der Waals surface area contributed by atoms with Crippen molar-refractivity contribution in [1.29, 1.82) is 0 Å². The lowest BCUT2D eigenvalue weighted by atomic mass is 10.2. The highest BCUT2D eigenvalue weighted by Crippen LogP contribution is 2.29. The zero-order valence-corrected chi connectivity index (χ0v) is 19.7. The lowest BCUT2D eigenvalue weighted by Crippen LogP contribution is -2.31. The summed E-state index contributed by atoms with van der Waals surface area (Å²) in [7, 11) is 3.47. The molecular formula is C20H24N6O3S2. The van der Waals surface area contributed by atoms with Gasteiger partial charge < -0.3 is 4.57 Å². The van der Waals surface area contributed by atoms with Crippen molar-refractivity contribution in [3.63, 3.8) is 0 Å². The van der Waals surface area contributed by atoms with Gasteiger partial charge in [-0.1, -0.05) is 25.1 Å². The van der Waals surface area contributed by atoms with Crippen LogP contribution in [0, 0.1) is 13.8 Å². The molecule has 0 spiro atoms. The van der Waals surface area contributed by atoms with Crippen molar-refractivity contribution in [2.45, 2.75) is 51.1 Å². The van der Waals surface area contributed by atoms with Gasteiger partial charge in [0.2, 0.25) is 0 Å². The zero-order valence-electron chi connectivity index (χ0n) is 18.1. The summed E-state index contributed by atoms with van der Waals surface area (Å²) in [6, 6.07) is 0. The minimum atomic E-state index is -0.449. The second kappa shape index (κ2) is 8.12. The maximum atomic E-state index is 12.8. The van der Waals surface area contributed by atoms with Crippen molar-refractivity contribution in [2.24, 2.45) is 14.1 Å². The summed E-state index contributed by atoms with van der Waals surface area (Å²) in [6.45, 7) is 6.47. The molecule has 164 valence electrons. The van der Waals surface area contributed by atoms with E-state index < -0.39 is 11.2 Å². The number of thiophene rings is 1. The Morgan fingerprint density at radius 1 is 1.10 bits per heavy atom. The van der Waals surface area contributed by atoms with Crippen LogP contribution in [0.4, 0.5) is 0 Å². The van der Waals surface area contributed by atoms with E-state index in [-0.39, 0.29) is 5.56 Å². The fourth-order valence-corrected chi connectivity index (χ4v) is 5.58. The summed E-state index contributed by atoms with van der Waals surface area (Å²) in [5.41, 5.74) is 0.778. The van der Waals surface area contributed by atoms with E-state index >= 15 is 0 Å². The van der Waals surface area contributed by atoms with Crippen LogP contribution >= 0.6 is 23.1 Å². The molecule has 0 saturated heterocycles. The van der Waals surface area contributed by atoms with Gasteiger partial charge in [-0.2, -0.15) is 0 Å². The third kappa shape index (κ3) is 3.55. The monoisotopic (exact) mass is 460 g/mol. The zero-order chi connectivity index (χ0) is 22.4. The summed E-state index contributed by atoms with van der Waals surface area (Å²) in [5, 5.41) is 1.26. The Hall–Kier alpha value is -2.66. The molecule has 0 bridgehead atoms. The molecule has 9 nitrogen and oxygen atoms in total. The van der Waals surface area contributed by atoms with Gasteiger partial charge in [0.05, 0.1) is 11.1 Å². The van der Waals surface area contributed by atoms with Crippen LogP contribution in [0.25, 0.3) is 21.4 Å². The number of fused-ring (bicyclic) bond motifs is 2. The van der Waals surface area contributed by atoms with Crippen molar-refractivity contribution in [3.8, 4) is 0 Å². The molecular weight excluding hydrogens is 436 g/mol. The van der Waals surface area contributed by atoms with Crippen LogP contribution in [0.3, 0.4) is 0 Å². The van der Waals surface area contributed by atoms with E-state index in [1.807, 2.05) is 20.8 Å². The predicted molar refractivity (Wildman–Crippen MR) is 124 cm³/mol. The van der Waals surface area contributed by atoms with Gasteiger partial charge in [-0.15, -0.1) is 11.3 Å². The van der Waals surface area contributed by atoms with Gasteiger partial charge in [0.25, 0.3) is 11.1 Å². The topological polar surface area (TPSA) is 108 Å². The quantitative estimate of drug-likeness (QED) is 0.350. The van der Waals surface area contributed by atoms with Crippen molar-refractivity contribution in [2.75, 3.05) is 0 Å². The molecule has 11 heteroatoms. The van der Waals surface area contributed by atoms with E-state index in [1.54, 1.807) is 23.2 Å². The Labute approximate surface area is 185 Å². The van der Waals surface area contributed by atoms with Crippen LogP contribution in [0.15, 0.2) is 19.5 Å². The molecule has 0 fully saturated rings. The third-order valence-electron chi connectivity index (χ3n) is 5.54. The average Bonchev–Trinajstić information content (AvgIpc) is 3.20. The van der Waals surface area contributed by atoms with Gasteiger partial charge in [-0.3, -0.25) is 23.7 Å². The van der Waals surface area contributed by atoms with Crippen molar-refractivity contribution in [3.05, 3.63) is 47.5 Å². The molecule has 4 heterocycles. The second-order valence-electron chi connectivity index (χ2n) is 7.53. The highest BCUT2D eigenvalue weighted by Gasteiger charge is 2.19. The highest BCUT2D eigenvalue weighted by molar-refractivity contribution is 7.98. The number of hydrogen-bond acceptors (Lipinski definition) is 7. The largest absolute Gasteiger partial charge is 0.330 e. The maximum Gasteiger partial charge on any atom is 0.330 e. The van der Waals surface area contributed by atoms with E-state index in [1.165, 1.54) is 27.7 Å². The fourth-order valence-electron chi connectivity index (χ4n) is 3.56. The number of aryl methyl sites for hydroxylation is 4. The number of unbranched alkanes of at least 4 members (excludes halogenated alkanes) is 1. The highest BCUT2D eigenvalue weighted by atomic mass is 32.2. The molecule has 0 unspecified atom stereocenters. The molecule has 4 aromatic heterocycles. The van der Waals surface area contributed by atoms with Crippen LogP contribution in [0.1, 0.15) is 36.0 Å². The summed E-state index contributed by atoms with van der Waals surface area (Å²) in [4.78, 5) is 51.1. The fraction of sp³-hybridized carbons (Fsp3) is 0.450. The first-order valence-corrected chi connectivity index (χ1v) is 11.8. The molecule has 0 radical (unpaired) electrons. The number of rotatable bonds is 6. The molecule has 0 aliphatic rings. The van der Waals surface area contributed by atoms with E-state index in [4.69, 9.17) is 0 Å². The predicted octanol–water partition coefficient (Wildman–Crippen LogP) is 2.44. The smallest absolute Gasteiger partial charge is 0.325 e. The molecule has 4 rings (SSSR count). The van der Waals surface area contributed by atoms with E-state index in [0.717, 1.165) is 28.1 Å². The number of imidazole rings is 1. The molecule has 0 amide bonds. The van der Waals surface area contributed by atoms with Gasteiger partial charge in [0.1, 0.15) is 10.7 Å². The van der Waals surface area contributed by atoms with Gasteiger partial charge in [0, 0.05) is 25.5 Å². The number of aromatic amines is 1. The average molecular weight is 461 g/mol. The van der Waals surface area contributed by atoms with E-state index in [0.29, 0.717) is 39.8 Å². The minimum absolute atomic E-state index is 0.0656.